The predicted octanol–water partition coefficient (Wildman–Crippen LogP) is 3.58. The lowest BCUT2D eigenvalue weighted by atomic mass is 10.1. The molecular weight excluding hydrogens is 346 g/mol. The smallest absolute Gasteiger partial charge is 0.387 e. The maximum absolute atomic E-state index is 12.4. The van der Waals surface area contributed by atoms with Crippen LogP contribution in [0.25, 0.3) is 0 Å². The Balaban J connectivity index is 1.56. The summed E-state index contributed by atoms with van der Waals surface area (Å²) in [6.45, 7) is -0.856. The lowest BCUT2D eigenvalue weighted by molar-refractivity contribution is -0.0504. The van der Waals surface area contributed by atoms with Crippen LogP contribution < -0.4 is 24.8 Å². The molecule has 2 amide bonds. The molecule has 2 aromatic carbocycles. The Bertz CT molecular complexity index is 786. The number of carbonyl (C=O) groups is 1. The molecule has 0 fully saturated rings. The summed E-state index contributed by atoms with van der Waals surface area (Å²) in [7, 11) is 0. The van der Waals surface area contributed by atoms with Crippen LogP contribution in [0.1, 0.15) is 24.1 Å². The largest absolute Gasteiger partial charge is 0.454 e. The van der Waals surface area contributed by atoms with Crippen LogP contribution in [0.3, 0.4) is 0 Å². The molecule has 1 atom stereocenters. The zero-order valence-corrected chi connectivity index (χ0v) is 14.0. The molecule has 138 valence electrons. The maximum atomic E-state index is 12.4. The predicted molar refractivity (Wildman–Crippen MR) is 89.4 cm³/mol. The topological polar surface area (TPSA) is 68.8 Å². The van der Waals surface area contributed by atoms with E-state index in [0.717, 1.165) is 5.56 Å². The molecule has 0 spiro atoms. The summed E-state index contributed by atoms with van der Waals surface area (Å²) < 4.78 is 39.8. The lowest BCUT2D eigenvalue weighted by Gasteiger charge is -2.16. The molecule has 0 saturated heterocycles. The number of nitrogens with one attached hydrogen (secondary N) is 2. The summed E-state index contributed by atoms with van der Waals surface area (Å²) >= 11 is 0. The molecule has 0 aliphatic carbocycles. The van der Waals surface area contributed by atoms with Crippen molar-refractivity contribution in [2.75, 3.05) is 6.79 Å². The first-order chi connectivity index (χ1) is 12.5. The third kappa shape index (κ3) is 4.33. The molecule has 2 N–H and O–H groups in total. The number of benzene rings is 2. The number of rotatable bonds is 6. The molecule has 3 rings (SSSR count). The van der Waals surface area contributed by atoms with Crippen molar-refractivity contribution >= 4 is 6.03 Å². The Kier molecular flexibility index (Phi) is 5.40. The molecule has 0 radical (unpaired) electrons. The third-order valence-corrected chi connectivity index (χ3v) is 3.87. The molecule has 8 heteroatoms. The fourth-order valence-electron chi connectivity index (χ4n) is 2.55. The highest BCUT2D eigenvalue weighted by Gasteiger charge is 2.17. The second kappa shape index (κ2) is 7.90. The van der Waals surface area contributed by atoms with Gasteiger partial charge in [0.05, 0.1) is 6.04 Å². The van der Waals surface area contributed by atoms with Crippen molar-refractivity contribution in [2.45, 2.75) is 26.1 Å². The van der Waals surface area contributed by atoms with Gasteiger partial charge in [-0.2, -0.15) is 8.78 Å². The monoisotopic (exact) mass is 364 g/mol. The van der Waals surface area contributed by atoms with Gasteiger partial charge < -0.3 is 24.8 Å². The molecule has 2 aromatic rings. The van der Waals surface area contributed by atoms with E-state index in [2.05, 4.69) is 15.4 Å². The van der Waals surface area contributed by atoms with E-state index in [0.29, 0.717) is 17.1 Å². The third-order valence-electron chi connectivity index (χ3n) is 3.87. The number of carbonyl (C=O) groups excluding carboxylic acids is 1. The average Bonchev–Trinajstić information content (AvgIpc) is 3.08. The highest BCUT2D eigenvalue weighted by atomic mass is 19.3. The first-order valence-corrected chi connectivity index (χ1v) is 7.99. The quantitative estimate of drug-likeness (QED) is 0.822. The fraction of sp³-hybridized carbons (Fsp3) is 0.278. The summed E-state index contributed by atoms with van der Waals surface area (Å²) in [5.41, 5.74) is 1.31. The van der Waals surface area contributed by atoms with Gasteiger partial charge in [-0.25, -0.2) is 4.79 Å². The van der Waals surface area contributed by atoms with E-state index in [-0.39, 0.29) is 25.1 Å². The van der Waals surface area contributed by atoms with E-state index in [4.69, 9.17) is 9.47 Å². The second-order valence-corrected chi connectivity index (χ2v) is 5.65. The van der Waals surface area contributed by atoms with Crippen molar-refractivity contribution in [2.24, 2.45) is 0 Å². The summed E-state index contributed by atoms with van der Waals surface area (Å²) in [5, 5.41) is 5.42. The Morgan fingerprint density at radius 2 is 1.96 bits per heavy atom. The number of halogens is 2. The van der Waals surface area contributed by atoms with Crippen LogP contribution in [0.5, 0.6) is 17.2 Å². The van der Waals surface area contributed by atoms with Crippen molar-refractivity contribution in [3.63, 3.8) is 0 Å². The van der Waals surface area contributed by atoms with Gasteiger partial charge in [-0.05, 0) is 30.7 Å². The lowest BCUT2D eigenvalue weighted by Crippen LogP contribution is -2.36. The van der Waals surface area contributed by atoms with E-state index in [1.165, 1.54) is 6.07 Å². The summed E-state index contributed by atoms with van der Waals surface area (Å²) in [5.74, 6) is 1.34. The molecule has 0 bridgehead atoms. The number of alkyl halides is 2. The summed E-state index contributed by atoms with van der Waals surface area (Å²) in [6.07, 6.45) is 0. The number of ether oxygens (including phenoxy) is 3. The zero-order chi connectivity index (χ0) is 18.5. The molecule has 6 nitrogen and oxygen atoms in total. The fourth-order valence-corrected chi connectivity index (χ4v) is 2.55. The van der Waals surface area contributed by atoms with Gasteiger partial charge >= 0.3 is 12.6 Å². The van der Waals surface area contributed by atoms with E-state index >= 15 is 0 Å². The Labute approximate surface area is 149 Å². The van der Waals surface area contributed by atoms with E-state index in [1.807, 2.05) is 13.0 Å². The minimum absolute atomic E-state index is 0.0339. The SMILES string of the molecule is CC(NC(=O)NCc1ccccc1OC(F)F)c1ccc2c(c1)OCO2. The molecule has 0 saturated carbocycles. The van der Waals surface area contributed by atoms with Crippen LogP contribution in [0.4, 0.5) is 13.6 Å². The van der Waals surface area contributed by atoms with Gasteiger partial charge in [-0.3, -0.25) is 0 Å². The van der Waals surface area contributed by atoms with Crippen molar-refractivity contribution < 1.29 is 27.8 Å². The maximum Gasteiger partial charge on any atom is 0.387 e. The molecular formula is C18H18F2N2O4. The van der Waals surface area contributed by atoms with Gasteiger partial charge in [-0.15, -0.1) is 0 Å². The average molecular weight is 364 g/mol. The number of fused-ring (bicyclic) bond motifs is 1. The van der Waals surface area contributed by atoms with E-state index in [1.54, 1.807) is 30.3 Å². The van der Waals surface area contributed by atoms with Gasteiger partial charge in [0, 0.05) is 12.1 Å². The van der Waals surface area contributed by atoms with Crippen LogP contribution >= 0.6 is 0 Å². The molecule has 1 heterocycles. The highest BCUT2D eigenvalue weighted by molar-refractivity contribution is 5.74. The number of amides is 2. The van der Waals surface area contributed by atoms with Crippen LogP contribution in [0.15, 0.2) is 42.5 Å². The second-order valence-electron chi connectivity index (χ2n) is 5.65. The molecule has 26 heavy (non-hydrogen) atoms. The number of urea groups is 1. The van der Waals surface area contributed by atoms with Gasteiger partial charge in [0.25, 0.3) is 0 Å². The Morgan fingerprint density at radius 1 is 1.19 bits per heavy atom. The minimum atomic E-state index is -2.92. The van der Waals surface area contributed by atoms with E-state index < -0.39 is 12.6 Å². The zero-order valence-electron chi connectivity index (χ0n) is 14.0. The van der Waals surface area contributed by atoms with Crippen molar-refractivity contribution in [1.82, 2.24) is 10.6 Å². The molecule has 0 aromatic heterocycles. The van der Waals surface area contributed by atoms with Gasteiger partial charge in [0.2, 0.25) is 6.79 Å². The number of hydrogen-bond acceptors (Lipinski definition) is 4. The van der Waals surface area contributed by atoms with Gasteiger partial charge in [0.15, 0.2) is 11.5 Å². The summed E-state index contributed by atoms with van der Waals surface area (Å²) in [6, 6.07) is 11.0. The minimum Gasteiger partial charge on any atom is -0.454 e. The molecule has 1 aliphatic rings. The first kappa shape index (κ1) is 17.8. The number of para-hydroxylation sites is 1. The van der Waals surface area contributed by atoms with Crippen LogP contribution in [0, 0.1) is 0 Å². The van der Waals surface area contributed by atoms with Crippen molar-refractivity contribution in [1.29, 1.82) is 0 Å². The Morgan fingerprint density at radius 3 is 2.77 bits per heavy atom. The van der Waals surface area contributed by atoms with Gasteiger partial charge in [0.1, 0.15) is 5.75 Å². The first-order valence-electron chi connectivity index (χ1n) is 7.99. The van der Waals surface area contributed by atoms with Crippen molar-refractivity contribution in [3.8, 4) is 17.2 Å². The van der Waals surface area contributed by atoms with Gasteiger partial charge in [-0.1, -0.05) is 24.3 Å². The highest BCUT2D eigenvalue weighted by Crippen LogP contribution is 2.34. The normalized spacial score (nSPS) is 13.4. The Hall–Kier alpha value is -3.03. The standard InChI is InChI=1S/C18H18F2N2O4/c1-11(12-6-7-15-16(8-12)25-10-24-15)22-18(23)21-9-13-4-2-3-5-14(13)26-17(19)20/h2-8,11,17H,9-10H2,1H3,(H2,21,22,23). The van der Waals surface area contributed by atoms with Crippen LogP contribution in [0.2, 0.25) is 0 Å². The molecule has 1 aliphatic heterocycles. The van der Waals surface area contributed by atoms with Crippen LogP contribution in [-0.2, 0) is 6.54 Å². The molecule has 1 unspecified atom stereocenters. The summed E-state index contributed by atoms with van der Waals surface area (Å²) in [4.78, 5) is 12.1. The number of hydrogen-bond donors (Lipinski definition) is 2. The van der Waals surface area contributed by atoms with Crippen LogP contribution in [-0.4, -0.2) is 19.4 Å². The van der Waals surface area contributed by atoms with Crippen molar-refractivity contribution in [3.05, 3.63) is 53.6 Å². The van der Waals surface area contributed by atoms with E-state index in [9.17, 15) is 13.6 Å².